The van der Waals surface area contributed by atoms with E-state index in [2.05, 4.69) is 215 Å². The highest BCUT2D eigenvalue weighted by Gasteiger charge is 2.29. The average molecular weight is 696 g/mol. The van der Waals surface area contributed by atoms with Gasteiger partial charge in [-0.05, 0) is 126 Å². The van der Waals surface area contributed by atoms with Gasteiger partial charge in [-0.25, -0.2) is 0 Å². The van der Waals surface area contributed by atoms with Gasteiger partial charge in [0.15, 0.2) is 0 Å². The molecule has 0 saturated carbocycles. The summed E-state index contributed by atoms with van der Waals surface area (Å²) in [5, 5.41) is 5.25. The number of hydrogen-bond donors (Lipinski definition) is 0. The maximum atomic E-state index is 2.55. The highest BCUT2D eigenvalue weighted by molar-refractivity contribution is 6.24. The Morgan fingerprint density at radius 2 is 1.11 bits per heavy atom. The third-order valence-electron chi connectivity index (χ3n) is 11.2. The Bertz CT molecular complexity index is 2650. The van der Waals surface area contributed by atoms with Crippen molar-refractivity contribution in [3.05, 3.63) is 198 Å². The first-order valence-corrected chi connectivity index (χ1v) is 19.2. The summed E-state index contributed by atoms with van der Waals surface area (Å²) in [5.41, 5.74) is 15.3. The van der Waals surface area contributed by atoms with E-state index in [-0.39, 0.29) is 11.5 Å². The summed E-state index contributed by atoms with van der Waals surface area (Å²) in [5.74, 6) is 0. The van der Waals surface area contributed by atoms with E-state index in [0.717, 1.165) is 6.42 Å². The molecule has 8 aromatic rings. The lowest BCUT2D eigenvalue weighted by atomic mass is 9.78. The minimum absolute atomic E-state index is 0.0873. The molecule has 8 aromatic carbocycles. The summed E-state index contributed by atoms with van der Waals surface area (Å²) in [7, 11) is 0. The summed E-state index contributed by atoms with van der Waals surface area (Å²) in [4.78, 5) is 2.55. The van der Waals surface area contributed by atoms with Crippen LogP contribution in [0.5, 0.6) is 0 Å². The van der Waals surface area contributed by atoms with Gasteiger partial charge >= 0.3 is 0 Å². The Morgan fingerprint density at radius 3 is 1.74 bits per heavy atom. The Morgan fingerprint density at radius 1 is 0.519 bits per heavy atom. The molecule has 54 heavy (non-hydrogen) atoms. The van der Waals surface area contributed by atoms with Gasteiger partial charge in [0.2, 0.25) is 0 Å². The van der Waals surface area contributed by atoms with E-state index in [1.165, 1.54) is 88.6 Å². The normalized spacial score (nSPS) is 14.0. The standard InChI is InChI=1S/C53H45N/c1-36-17-16-24-42(33-36)54(41-29-27-40(28-30-41)53(2,3)4)43-31-32-46-49(34-43)44-25-14-15-26-45(44)51-48(38-20-10-6-11-21-38)35-47(37-18-8-5-9-19-37)50(52(46)51)39-22-12-7-13-23-39/h5-33,35,43H,34H2,1-4H3. The Labute approximate surface area is 319 Å². The Hall–Kier alpha value is -6.18. The first kappa shape index (κ1) is 33.6. The van der Waals surface area contributed by atoms with Crippen LogP contribution in [0.4, 0.5) is 11.4 Å². The lowest BCUT2D eigenvalue weighted by molar-refractivity contribution is 0.590. The molecule has 0 heterocycles. The molecule has 0 bridgehead atoms. The van der Waals surface area contributed by atoms with Crippen molar-refractivity contribution in [2.75, 3.05) is 4.90 Å². The molecule has 1 unspecified atom stereocenters. The van der Waals surface area contributed by atoms with Gasteiger partial charge in [0.05, 0.1) is 6.04 Å². The SMILES string of the molecule is Cc1cccc(N(c2ccc(C(C)(C)C)cc2)C2C=Cc3c(c4ccccc4c4c(-c5ccccc5)cc(-c5ccccc5)c(-c5ccccc5)c34)C2)c1. The van der Waals surface area contributed by atoms with Gasteiger partial charge in [-0.2, -0.15) is 0 Å². The van der Waals surface area contributed by atoms with Crippen LogP contribution < -0.4 is 4.90 Å². The summed E-state index contributed by atoms with van der Waals surface area (Å²) >= 11 is 0. The highest BCUT2D eigenvalue weighted by atomic mass is 15.2. The number of rotatable bonds is 6. The van der Waals surface area contributed by atoms with Crippen molar-refractivity contribution in [2.45, 2.75) is 45.6 Å². The summed E-state index contributed by atoms with van der Waals surface area (Å²) in [6.07, 6.45) is 5.78. The molecule has 0 N–H and O–H groups in total. The molecule has 1 aliphatic carbocycles. The van der Waals surface area contributed by atoms with Gasteiger partial charge in [-0.15, -0.1) is 0 Å². The fourth-order valence-corrected chi connectivity index (χ4v) is 8.59. The maximum Gasteiger partial charge on any atom is 0.0566 e. The number of fused-ring (bicyclic) bond motifs is 6. The van der Waals surface area contributed by atoms with Crippen molar-refractivity contribution in [3.8, 4) is 33.4 Å². The van der Waals surface area contributed by atoms with Crippen LogP contribution in [0.25, 0.3) is 61.0 Å². The molecule has 1 atom stereocenters. The van der Waals surface area contributed by atoms with Crippen LogP contribution in [0.2, 0.25) is 0 Å². The minimum atomic E-state index is 0.0873. The number of nitrogens with zero attached hydrogens (tertiary/aromatic N) is 1. The summed E-state index contributed by atoms with van der Waals surface area (Å²) in [6.45, 7) is 9.04. The summed E-state index contributed by atoms with van der Waals surface area (Å²) in [6, 6.07) is 62.8. The van der Waals surface area contributed by atoms with Crippen molar-refractivity contribution in [1.29, 1.82) is 0 Å². The molecule has 0 aromatic heterocycles. The second kappa shape index (κ2) is 13.7. The number of aryl methyl sites for hydroxylation is 1. The molecule has 262 valence electrons. The van der Waals surface area contributed by atoms with Crippen LogP contribution in [0.15, 0.2) is 176 Å². The summed E-state index contributed by atoms with van der Waals surface area (Å²) < 4.78 is 0. The number of hydrogen-bond acceptors (Lipinski definition) is 1. The second-order valence-electron chi connectivity index (χ2n) is 15.8. The zero-order valence-electron chi connectivity index (χ0n) is 31.6. The van der Waals surface area contributed by atoms with Crippen LogP contribution in [-0.4, -0.2) is 6.04 Å². The third kappa shape index (κ3) is 6.00. The largest absolute Gasteiger partial charge is 0.334 e. The van der Waals surface area contributed by atoms with Crippen molar-refractivity contribution in [3.63, 3.8) is 0 Å². The second-order valence-corrected chi connectivity index (χ2v) is 15.8. The van der Waals surface area contributed by atoms with Crippen LogP contribution in [0.3, 0.4) is 0 Å². The molecule has 0 fully saturated rings. The maximum absolute atomic E-state index is 2.55. The van der Waals surface area contributed by atoms with Crippen molar-refractivity contribution in [2.24, 2.45) is 0 Å². The van der Waals surface area contributed by atoms with E-state index in [1.54, 1.807) is 0 Å². The average Bonchev–Trinajstić information content (AvgIpc) is 3.21. The number of anilines is 2. The van der Waals surface area contributed by atoms with E-state index in [1.807, 2.05) is 0 Å². The fourth-order valence-electron chi connectivity index (χ4n) is 8.59. The van der Waals surface area contributed by atoms with Crippen LogP contribution >= 0.6 is 0 Å². The van der Waals surface area contributed by atoms with Crippen molar-refractivity contribution in [1.82, 2.24) is 0 Å². The molecule has 0 spiro atoms. The monoisotopic (exact) mass is 695 g/mol. The van der Waals surface area contributed by atoms with Gasteiger partial charge in [0, 0.05) is 11.4 Å². The van der Waals surface area contributed by atoms with E-state index < -0.39 is 0 Å². The molecule has 9 rings (SSSR count). The molecule has 0 saturated heterocycles. The van der Waals surface area contributed by atoms with E-state index in [0.29, 0.717) is 0 Å². The van der Waals surface area contributed by atoms with Gasteiger partial charge in [-0.3, -0.25) is 0 Å². The van der Waals surface area contributed by atoms with Crippen molar-refractivity contribution < 1.29 is 0 Å². The molecular weight excluding hydrogens is 651 g/mol. The topological polar surface area (TPSA) is 3.24 Å². The van der Waals surface area contributed by atoms with Gasteiger partial charge < -0.3 is 4.90 Å². The van der Waals surface area contributed by atoms with E-state index in [4.69, 9.17) is 0 Å². The molecule has 0 aliphatic heterocycles. The molecule has 1 heteroatoms. The molecule has 0 radical (unpaired) electrons. The predicted molar refractivity (Wildman–Crippen MR) is 233 cm³/mol. The van der Waals surface area contributed by atoms with Gasteiger partial charge in [0.25, 0.3) is 0 Å². The first-order chi connectivity index (χ1) is 26.3. The third-order valence-corrected chi connectivity index (χ3v) is 11.2. The van der Waals surface area contributed by atoms with Crippen molar-refractivity contribution >= 4 is 39.0 Å². The highest BCUT2D eigenvalue weighted by Crippen LogP contribution is 2.50. The quantitative estimate of drug-likeness (QED) is 0.157. The molecule has 1 nitrogen and oxygen atoms in total. The molecule has 1 aliphatic rings. The first-order valence-electron chi connectivity index (χ1n) is 19.2. The molecular formula is C53H45N. The van der Waals surface area contributed by atoms with E-state index in [9.17, 15) is 0 Å². The lowest BCUT2D eigenvalue weighted by Crippen LogP contribution is -2.33. The van der Waals surface area contributed by atoms with Crippen LogP contribution in [0.1, 0.15) is 43.0 Å². The zero-order chi connectivity index (χ0) is 36.8. The smallest absolute Gasteiger partial charge is 0.0566 e. The Balaban J connectivity index is 1.35. The van der Waals surface area contributed by atoms with Gasteiger partial charge in [-0.1, -0.05) is 172 Å². The number of benzene rings is 8. The molecule has 0 amide bonds. The Kier molecular flexibility index (Phi) is 8.51. The van der Waals surface area contributed by atoms with Crippen LogP contribution in [0, 0.1) is 6.92 Å². The fraction of sp³-hybridized carbons (Fsp3) is 0.132. The predicted octanol–water partition coefficient (Wildman–Crippen LogP) is 14.4. The minimum Gasteiger partial charge on any atom is -0.334 e. The van der Waals surface area contributed by atoms with Gasteiger partial charge in [0.1, 0.15) is 0 Å². The van der Waals surface area contributed by atoms with Crippen LogP contribution in [-0.2, 0) is 11.8 Å². The van der Waals surface area contributed by atoms with E-state index >= 15 is 0 Å². The zero-order valence-corrected chi connectivity index (χ0v) is 31.6. The lowest BCUT2D eigenvalue weighted by Gasteiger charge is -2.36.